The number of Topliss-reactive ketones (excluding diaryl/α,β-unsaturated/α-hetero) is 1. The third-order valence-corrected chi connectivity index (χ3v) is 4.35. The monoisotopic (exact) mass is 308 g/mol. The van der Waals surface area contributed by atoms with Gasteiger partial charge in [-0.1, -0.05) is 32.9 Å². The minimum Gasteiger partial charge on any atom is -0.298 e. The Hall–Kier alpha value is -1.37. The first-order valence-electron chi connectivity index (χ1n) is 5.78. The lowest BCUT2D eigenvalue weighted by Gasteiger charge is -2.18. The van der Waals surface area contributed by atoms with E-state index >= 15 is 0 Å². The van der Waals surface area contributed by atoms with Gasteiger partial charge in [0.2, 0.25) is 0 Å². The van der Waals surface area contributed by atoms with Crippen molar-refractivity contribution >= 4 is 15.6 Å². The Morgan fingerprint density at radius 2 is 1.60 bits per heavy atom. The maximum Gasteiger partial charge on any atom is 0.417 e. The van der Waals surface area contributed by atoms with Crippen LogP contribution in [0.5, 0.6) is 0 Å². The second-order valence-electron chi connectivity index (χ2n) is 5.43. The van der Waals surface area contributed by atoms with Crippen molar-refractivity contribution in [1.82, 2.24) is 0 Å². The molecule has 0 saturated carbocycles. The maximum absolute atomic E-state index is 12.8. The number of ketones is 1. The van der Waals surface area contributed by atoms with Crippen molar-refractivity contribution < 1.29 is 26.4 Å². The second-order valence-corrected chi connectivity index (χ2v) is 7.38. The number of halogens is 3. The van der Waals surface area contributed by atoms with Crippen LogP contribution in [0.4, 0.5) is 13.2 Å². The normalized spacial score (nSPS) is 13.3. The number of hydrogen-bond donors (Lipinski definition) is 0. The molecule has 0 radical (unpaired) electrons. The molecule has 20 heavy (non-hydrogen) atoms. The molecule has 3 nitrogen and oxygen atoms in total. The summed E-state index contributed by atoms with van der Waals surface area (Å²) in [6.07, 6.45) is -4.78. The summed E-state index contributed by atoms with van der Waals surface area (Å²) < 4.78 is 62.5. The van der Waals surface area contributed by atoms with Crippen LogP contribution in [0.3, 0.4) is 0 Å². The van der Waals surface area contributed by atoms with Gasteiger partial charge in [-0.05, 0) is 12.1 Å². The van der Waals surface area contributed by atoms with E-state index in [1.54, 1.807) is 0 Å². The average Bonchev–Trinajstić information content (AvgIpc) is 2.26. The van der Waals surface area contributed by atoms with E-state index in [9.17, 15) is 26.4 Å². The van der Waals surface area contributed by atoms with Crippen molar-refractivity contribution in [2.75, 3.05) is 5.75 Å². The van der Waals surface area contributed by atoms with Crippen LogP contribution in [-0.4, -0.2) is 20.0 Å². The van der Waals surface area contributed by atoms with Crippen LogP contribution in [0.15, 0.2) is 29.2 Å². The summed E-state index contributed by atoms with van der Waals surface area (Å²) in [5.74, 6) is -1.57. The van der Waals surface area contributed by atoms with Crippen LogP contribution in [0.1, 0.15) is 26.3 Å². The highest BCUT2D eigenvalue weighted by Gasteiger charge is 2.38. The molecule has 0 atom stereocenters. The molecule has 0 N–H and O–H groups in total. The Labute approximate surface area is 115 Å². The van der Waals surface area contributed by atoms with Gasteiger partial charge in [0.05, 0.1) is 10.5 Å². The predicted octanol–water partition coefficient (Wildman–Crippen LogP) is 3.09. The number of alkyl halides is 3. The predicted molar refractivity (Wildman–Crippen MR) is 68.0 cm³/mol. The van der Waals surface area contributed by atoms with Gasteiger partial charge < -0.3 is 0 Å². The molecule has 1 aromatic carbocycles. The first-order valence-corrected chi connectivity index (χ1v) is 7.43. The van der Waals surface area contributed by atoms with Crippen molar-refractivity contribution in [1.29, 1.82) is 0 Å². The molecule has 0 fully saturated rings. The third kappa shape index (κ3) is 3.82. The van der Waals surface area contributed by atoms with Gasteiger partial charge >= 0.3 is 6.18 Å². The summed E-state index contributed by atoms with van der Waals surface area (Å²) in [6.45, 7) is 4.54. The van der Waals surface area contributed by atoms with Crippen molar-refractivity contribution in [2.45, 2.75) is 31.8 Å². The van der Waals surface area contributed by atoms with Crippen LogP contribution in [-0.2, 0) is 20.8 Å². The molecule has 0 heterocycles. The molecule has 0 aliphatic rings. The highest BCUT2D eigenvalue weighted by atomic mass is 32.2. The third-order valence-electron chi connectivity index (χ3n) is 2.69. The molecule has 0 unspecified atom stereocenters. The summed E-state index contributed by atoms with van der Waals surface area (Å²) in [6, 6.07) is 3.86. The highest BCUT2D eigenvalue weighted by molar-refractivity contribution is 7.92. The number of sulfone groups is 1. The zero-order valence-electron chi connectivity index (χ0n) is 11.3. The summed E-state index contributed by atoms with van der Waals surface area (Å²) in [4.78, 5) is 10.9. The Bertz CT molecular complexity index is 610. The Morgan fingerprint density at radius 3 is 2.05 bits per heavy atom. The van der Waals surface area contributed by atoms with Crippen molar-refractivity contribution in [3.05, 3.63) is 29.8 Å². The van der Waals surface area contributed by atoms with Gasteiger partial charge in [0.25, 0.3) is 0 Å². The number of benzene rings is 1. The Kier molecular flexibility index (Phi) is 4.34. The van der Waals surface area contributed by atoms with Crippen LogP contribution in [0.25, 0.3) is 0 Å². The lowest BCUT2D eigenvalue weighted by atomic mass is 9.92. The maximum atomic E-state index is 12.8. The van der Waals surface area contributed by atoms with E-state index < -0.39 is 43.4 Å². The van der Waals surface area contributed by atoms with E-state index in [4.69, 9.17) is 0 Å². The van der Waals surface area contributed by atoms with E-state index in [-0.39, 0.29) is 0 Å². The minimum atomic E-state index is -4.78. The molecular weight excluding hydrogens is 293 g/mol. The fraction of sp³-hybridized carbons (Fsp3) is 0.462. The van der Waals surface area contributed by atoms with Gasteiger partial charge in [-0.15, -0.1) is 0 Å². The van der Waals surface area contributed by atoms with Crippen LogP contribution in [0.2, 0.25) is 0 Å². The molecule has 1 rings (SSSR count). The standard InChI is InChI=1S/C13H15F3O3S/c1-12(2,3)11(17)8-20(18,19)10-7-5-4-6-9(10)13(14,15)16/h4-7H,8H2,1-3H3. The fourth-order valence-corrected chi connectivity index (χ4v) is 3.18. The van der Waals surface area contributed by atoms with E-state index in [1.165, 1.54) is 26.8 Å². The van der Waals surface area contributed by atoms with Gasteiger partial charge in [-0.2, -0.15) is 13.2 Å². The molecule has 0 aromatic heterocycles. The average molecular weight is 308 g/mol. The summed E-state index contributed by atoms with van der Waals surface area (Å²) in [7, 11) is -4.33. The van der Waals surface area contributed by atoms with E-state index in [2.05, 4.69) is 0 Å². The van der Waals surface area contributed by atoms with Gasteiger partial charge in [-0.25, -0.2) is 8.42 Å². The van der Waals surface area contributed by atoms with Crippen LogP contribution in [0, 0.1) is 5.41 Å². The Morgan fingerprint density at radius 1 is 1.10 bits per heavy atom. The van der Waals surface area contributed by atoms with E-state index in [1.807, 2.05) is 0 Å². The number of carbonyl (C=O) groups excluding carboxylic acids is 1. The number of rotatable bonds is 3. The Balaban J connectivity index is 3.28. The van der Waals surface area contributed by atoms with Crippen LogP contribution < -0.4 is 0 Å². The largest absolute Gasteiger partial charge is 0.417 e. The first-order chi connectivity index (χ1) is 8.86. The SMILES string of the molecule is CC(C)(C)C(=O)CS(=O)(=O)c1ccccc1C(F)(F)F. The molecule has 0 aliphatic heterocycles. The molecule has 1 aromatic rings. The lowest BCUT2D eigenvalue weighted by Crippen LogP contribution is -2.29. The molecule has 0 amide bonds. The van der Waals surface area contributed by atoms with E-state index in [0.29, 0.717) is 6.07 Å². The zero-order chi connectivity index (χ0) is 15.8. The molecule has 7 heteroatoms. The fourth-order valence-electron chi connectivity index (χ4n) is 1.44. The topological polar surface area (TPSA) is 51.2 Å². The van der Waals surface area contributed by atoms with Gasteiger partial charge in [0.1, 0.15) is 5.75 Å². The molecular formula is C13H15F3O3S. The summed E-state index contributed by atoms with van der Waals surface area (Å²) >= 11 is 0. The van der Waals surface area contributed by atoms with Gasteiger partial charge in [0.15, 0.2) is 15.6 Å². The summed E-state index contributed by atoms with van der Waals surface area (Å²) in [5.41, 5.74) is -2.18. The molecule has 0 spiro atoms. The number of hydrogen-bond acceptors (Lipinski definition) is 3. The molecule has 0 saturated heterocycles. The molecule has 0 aliphatic carbocycles. The number of carbonyl (C=O) groups is 1. The second kappa shape index (κ2) is 5.20. The van der Waals surface area contributed by atoms with E-state index in [0.717, 1.165) is 12.1 Å². The van der Waals surface area contributed by atoms with Crippen molar-refractivity contribution in [2.24, 2.45) is 5.41 Å². The van der Waals surface area contributed by atoms with Gasteiger partial charge in [-0.3, -0.25) is 4.79 Å². The van der Waals surface area contributed by atoms with Crippen molar-refractivity contribution in [3.8, 4) is 0 Å². The summed E-state index contributed by atoms with van der Waals surface area (Å²) in [5, 5.41) is 0. The van der Waals surface area contributed by atoms with Crippen LogP contribution >= 0.6 is 0 Å². The van der Waals surface area contributed by atoms with Crippen molar-refractivity contribution in [3.63, 3.8) is 0 Å². The molecule has 112 valence electrons. The molecule has 0 bridgehead atoms. The smallest absolute Gasteiger partial charge is 0.298 e. The minimum absolute atomic E-state index is 0.630. The quantitative estimate of drug-likeness (QED) is 0.862. The first kappa shape index (κ1) is 16.7. The van der Waals surface area contributed by atoms with Gasteiger partial charge in [0, 0.05) is 5.41 Å². The zero-order valence-corrected chi connectivity index (χ0v) is 12.1. The lowest BCUT2D eigenvalue weighted by molar-refractivity contribution is -0.140. The highest BCUT2D eigenvalue weighted by Crippen LogP contribution is 2.34.